The van der Waals surface area contributed by atoms with Crippen molar-refractivity contribution in [2.45, 2.75) is 31.6 Å². The van der Waals surface area contributed by atoms with Gasteiger partial charge in [0.1, 0.15) is 0 Å². The van der Waals surface area contributed by atoms with Crippen molar-refractivity contribution in [3.63, 3.8) is 0 Å². The van der Waals surface area contributed by atoms with Crippen LogP contribution in [0.25, 0.3) is 10.9 Å². The molecule has 1 fully saturated rings. The number of benzene rings is 1. The quantitative estimate of drug-likeness (QED) is 0.785. The standard InChI is InChI=1S/C18H17N3OS/c22-17(21-18-20-11-16(23-18)12-4-1-5-12)10-13-6-2-8-15-14(13)7-3-9-19-15/h2-3,6-9,11-12H,1,4-5,10H2,(H,20,21,22). The first kappa shape index (κ1) is 14.3. The summed E-state index contributed by atoms with van der Waals surface area (Å²) in [6, 6.07) is 9.78. The second kappa shape index (κ2) is 6.08. The number of carbonyl (C=O) groups excluding carboxylic acids is 1. The molecule has 0 saturated heterocycles. The van der Waals surface area contributed by atoms with Crippen LogP contribution in [0.1, 0.15) is 35.6 Å². The van der Waals surface area contributed by atoms with Crippen molar-refractivity contribution in [2.75, 3.05) is 5.32 Å². The number of carbonyl (C=O) groups is 1. The summed E-state index contributed by atoms with van der Waals surface area (Å²) in [7, 11) is 0. The van der Waals surface area contributed by atoms with Crippen LogP contribution in [-0.2, 0) is 11.2 Å². The van der Waals surface area contributed by atoms with E-state index in [0.717, 1.165) is 16.5 Å². The molecule has 0 spiro atoms. The van der Waals surface area contributed by atoms with E-state index in [1.807, 2.05) is 36.5 Å². The highest BCUT2D eigenvalue weighted by Crippen LogP contribution is 2.39. The molecule has 1 aliphatic rings. The number of anilines is 1. The van der Waals surface area contributed by atoms with Gasteiger partial charge in [-0.25, -0.2) is 4.98 Å². The maximum Gasteiger partial charge on any atom is 0.230 e. The van der Waals surface area contributed by atoms with E-state index in [1.54, 1.807) is 17.5 Å². The average molecular weight is 323 g/mol. The van der Waals surface area contributed by atoms with Crippen molar-refractivity contribution in [1.82, 2.24) is 9.97 Å². The number of amides is 1. The van der Waals surface area contributed by atoms with Crippen LogP contribution < -0.4 is 5.32 Å². The van der Waals surface area contributed by atoms with Gasteiger partial charge >= 0.3 is 0 Å². The molecule has 4 rings (SSSR count). The van der Waals surface area contributed by atoms with Crippen LogP contribution in [0.4, 0.5) is 5.13 Å². The molecule has 0 radical (unpaired) electrons. The highest BCUT2D eigenvalue weighted by Gasteiger charge is 2.22. The van der Waals surface area contributed by atoms with Crippen molar-refractivity contribution in [1.29, 1.82) is 0 Å². The van der Waals surface area contributed by atoms with Crippen molar-refractivity contribution >= 4 is 33.3 Å². The van der Waals surface area contributed by atoms with E-state index in [-0.39, 0.29) is 5.91 Å². The van der Waals surface area contributed by atoms with Gasteiger partial charge in [-0.2, -0.15) is 0 Å². The summed E-state index contributed by atoms with van der Waals surface area (Å²) < 4.78 is 0. The number of pyridine rings is 1. The maximum absolute atomic E-state index is 12.3. The predicted molar refractivity (Wildman–Crippen MR) is 92.8 cm³/mol. The fraction of sp³-hybridized carbons (Fsp3) is 0.278. The second-order valence-electron chi connectivity index (χ2n) is 5.91. The zero-order valence-corrected chi connectivity index (χ0v) is 13.5. The summed E-state index contributed by atoms with van der Waals surface area (Å²) in [6.07, 6.45) is 7.81. The molecule has 1 N–H and O–H groups in total. The SMILES string of the molecule is O=C(Cc1cccc2ncccc12)Nc1ncc(C2CCC2)s1. The van der Waals surface area contributed by atoms with Crippen molar-refractivity contribution in [2.24, 2.45) is 0 Å². The van der Waals surface area contributed by atoms with Gasteiger partial charge in [0.25, 0.3) is 0 Å². The Kier molecular flexibility index (Phi) is 3.79. The molecule has 0 atom stereocenters. The Hall–Kier alpha value is -2.27. The van der Waals surface area contributed by atoms with Gasteiger partial charge in [-0.15, -0.1) is 11.3 Å². The molecule has 116 valence electrons. The fourth-order valence-corrected chi connectivity index (χ4v) is 3.88. The Morgan fingerprint density at radius 3 is 2.96 bits per heavy atom. The number of nitrogens with one attached hydrogen (secondary N) is 1. The van der Waals surface area contributed by atoms with Gasteiger partial charge in [0.2, 0.25) is 5.91 Å². The molecular formula is C18H17N3OS. The summed E-state index contributed by atoms with van der Waals surface area (Å²) in [6.45, 7) is 0. The van der Waals surface area contributed by atoms with Crippen LogP contribution in [-0.4, -0.2) is 15.9 Å². The third-order valence-electron chi connectivity index (χ3n) is 4.36. The van der Waals surface area contributed by atoms with Gasteiger partial charge in [-0.3, -0.25) is 9.78 Å². The Balaban J connectivity index is 1.47. The van der Waals surface area contributed by atoms with Gasteiger partial charge in [-0.05, 0) is 36.5 Å². The first-order valence-electron chi connectivity index (χ1n) is 7.88. The fourth-order valence-electron chi connectivity index (χ4n) is 2.88. The number of thiazole rings is 1. The summed E-state index contributed by atoms with van der Waals surface area (Å²) in [5, 5.41) is 4.66. The number of hydrogen-bond acceptors (Lipinski definition) is 4. The molecule has 3 aromatic rings. The van der Waals surface area contributed by atoms with Crippen LogP contribution in [0.5, 0.6) is 0 Å². The Bertz CT molecular complexity index is 849. The number of aromatic nitrogens is 2. The van der Waals surface area contributed by atoms with E-state index in [0.29, 0.717) is 17.5 Å². The normalized spacial score (nSPS) is 14.6. The van der Waals surface area contributed by atoms with E-state index >= 15 is 0 Å². The predicted octanol–water partition coefficient (Wildman–Crippen LogP) is 4.14. The number of rotatable bonds is 4. The van der Waals surface area contributed by atoms with Crippen LogP contribution in [0.2, 0.25) is 0 Å². The van der Waals surface area contributed by atoms with E-state index in [2.05, 4.69) is 15.3 Å². The summed E-state index contributed by atoms with van der Waals surface area (Å²) in [5.41, 5.74) is 1.91. The van der Waals surface area contributed by atoms with Crippen molar-refractivity contribution < 1.29 is 4.79 Å². The summed E-state index contributed by atoms with van der Waals surface area (Å²) in [4.78, 5) is 22.3. The van der Waals surface area contributed by atoms with E-state index in [1.165, 1.54) is 24.1 Å². The van der Waals surface area contributed by atoms with Crippen LogP contribution in [0.15, 0.2) is 42.7 Å². The highest BCUT2D eigenvalue weighted by molar-refractivity contribution is 7.15. The lowest BCUT2D eigenvalue weighted by Gasteiger charge is -2.23. The minimum Gasteiger partial charge on any atom is -0.302 e. The third-order valence-corrected chi connectivity index (χ3v) is 5.44. The molecule has 0 aliphatic heterocycles. The van der Waals surface area contributed by atoms with Crippen LogP contribution >= 0.6 is 11.3 Å². The van der Waals surface area contributed by atoms with Gasteiger partial charge in [0.05, 0.1) is 11.9 Å². The van der Waals surface area contributed by atoms with Crippen molar-refractivity contribution in [3.05, 3.63) is 53.2 Å². The molecule has 1 saturated carbocycles. The van der Waals surface area contributed by atoms with E-state index in [9.17, 15) is 4.79 Å². The van der Waals surface area contributed by atoms with Crippen molar-refractivity contribution in [3.8, 4) is 0 Å². The number of fused-ring (bicyclic) bond motifs is 1. The molecule has 4 nitrogen and oxygen atoms in total. The molecule has 5 heteroatoms. The molecule has 1 aromatic carbocycles. The first-order chi connectivity index (χ1) is 11.3. The van der Waals surface area contributed by atoms with Crippen LogP contribution in [0.3, 0.4) is 0 Å². The summed E-state index contributed by atoms with van der Waals surface area (Å²) >= 11 is 1.60. The zero-order chi connectivity index (χ0) is 15.6. The monoisotopic (exact) mass is 323 g/mol. The average Bonchev–Trinajstić information content (AvgIpc) is 2.93. The molecular weight excluding hydrogens is 306 g/mol. The lowest BCUT2D eigenvalue weighted by atomic mass is 9.85. The minimum atomic E-state index is -0.0316. The Labute approximate surface area is 138 Å². The number of nitrogens with zero attached hydrogens (tertiary/aromatic N) is 2. The maximum atomic E-state index is 12.3. The van der Waals surface area contributed by atoms with Gasteiger partial charge in [-0.1, -0.05) is 24.6 Å². The lowest BCUT2D eigenvalue weighted by Crippen LogP contribution is -2.14. The molecule has 23 heavy (non-hydrogen) atoms. The first-order valence-corrected chi connectivity index (χ1v) is 8.69. The van der Waals surface area contributed by atoms with E-state index < -0.39 is 0 Å². The summed E-state index contributed by atoms with van der Waals surface area (Å²) in [5.74, 6) is 0.623. The molecule has 1 amide bonds. The number of hydrogen-bond donors (Lipinski definition) is 1. The van der Waals surface area contributed by atoms with Crippen LogP contribution in [0, 0.1) is 0 Å². The third kappa shape index (κ3) is 2.97. The smallest absolute Gasteiger partial charge is 0.230 e. The molecule has 0 bridgehead atoms. The highest BCUT2D eigenvalue weighted by atomic mass is 32.1. The minimum absolute atomic E-state index is 0.0316. The lowest BCUT2D eigenvalue weighted by molar-refractivity contribution is -0.115. The molecule has 2 aromatic heterocycles. The molecule has 1 aliphatic carbocycles. The van der Waals surface area contributed by atoms with Gasteiger partial charge in [0.15, 0.2) is 5.13 Å². The van der Waals surface area contributed by atoms with Gasteiger partial charge in [0, 0.05) is 22.7 Å². The largest absolute Gasteiger partial charge is 0.302 e. The Morgan fingerprint density at radius 1 is 1.22 bits per heavy atom. The molecule has 0 unspecified atom stereocenters. The second-order valence-corrected chi connectivity index (χ2v) is 6.97. The zero-order valence-electron chi connectivity index (χ0n) is 12.7. The topological polar surface area (TPSA) is 54.9 Å². The van der Waals surface area contributed by atoms with E-state index in [4.69, 9.17) is 0 Å². The van der Waals surface area contributed by atoms with Gasteiger partial charge < -0.3 is 5.32 Å². The molecule has 2 heterocycles. The Morgan fingerprint density at radius 2 is 2.13 bits per heavy atom.